The summed E-state index contributed by atoms with van der Waals surface area (Å²) in [5.41, 5.74) is 1.84. The van der Waals surface area contributed by atoms with Gasteiger partial charge < -0.3 is 14.8 Å². The number of hydrogen-bond acceptors (Lipinski definition) is 4. The minimum absolute atomic E-state index is 0. The molecule has 1 N–H and O–H groups in total. The Hall–Kier alpha value is -0.970. The first-order valence-corrected chi connectivity index (χ1v) is 8.47. The molecule has 2 aliphatic heterocycles. The predicted molar refractivity (Wildman–Crippen MR) is 95.8 cm³/mol. The predicted octanol–water partition coefficient (Wildman–Crippen LogP) is 3.09. The maximum Gasteiger partial charge on any atom is 0.161 e. The molecule has 0 aromatic heterocycles. The van der Waals surface area contributed by atoms with E-state index in [-0.39, 0.29) is 12.4 Å². The van der Waals surface area contributed by atoms with E-state index in [1.165, 1.54) is 44.6 Å². The lowest BCUT2D eigenvalue weighted by atomic mass is 9.86. The van der Waals surface area contributed by atoms with Crippen molar-refractivity contribution in [2.45, 2.75) is 32.7 Å². The highest BCUT2D eigenvalue weighted by Crippen LogP contribution is 2.37. The molecule has 2 saturated heterocycles. The van der Waals surface area contributed by atoms with Crippen LogP contribution < -0.4 is 14.8 Å². The summed E-state index contributed by atoms with van der Waals surface area (Å²) in [6.07, 6.45) is 3.67. The zero-order valence-electron chi connectivity index (χ0n) is 14.3. The van der Waals surface area contributed by atoms with Gasteiger partial charge in [-0.15, -0.1) is 12.4 Å². The van der Waals surface area contributed by atoms with Gasteiger partial charge in [0.25, 0.3) is 0 Å². The zero-order valence-corrected chi connectivity index (χ0v) is 15.1. The summed E-state index contributed by atoms with van der Waals surface area (Å²) in [5.74, 6) is 1.70. The molecule has 0 radical (unpaired) electrons. The molecule has 0 saturated carbocycles. The van der Waals surface area contributed by atoms with Crippen molar-refractivity contribution in [1.82, 2.24) is 10.2 Å². The molecule has 1 spiro atoms. The van der Waals surface area contributed by atoms with Crippen molar-refractivity contribution in [2.75, 3.05) is 39.9 Å². The van der Waals surface area contributed by atoms with Crippen LogP contribution in [0, 0.1) is 5.41 Å². The maximum atomic E-state index is 5.73. The molecule has 1 atom stereocenters. The second-order valence-corrected chi connectivity index (χ2v) is 6.72. The summed E-state index contributed by atoms with van der Waals surface area (Å²) in [6, 6.07) is 6.35. The van der Waals surface area contributed by atoms with Crippen LogP contribution in [0.5, 0.6) is 11.5 Å². The topological polar surface area (TPSA) is 33.7 Å². The van der Waals surface area contributed by atoms with E-state index in [9.17, 15) is 0 Å². The van der Waals surface area contributed by atoms with Crippen LogP contribution in [0.3, 0.4) is 0 Å². The number of methoxy groups -OCH3 is 1. The van der Waals surface area contributed by atoms with E-state index in [1.54, 1.807) is 7.11 Å². The highest BCUT2D eigenvalue weighted by atomic mass is 35.5. The van der Waals surface area contributed by atoms with Crippen molar-refractivity contribution in [3.8, 4) is 11.5 Å². The fourth-order valence-electron chi connectivity index (χ4n) is 3.71. The Balaban J connectivity index is 0.00000192. The number of nitrogens with one attached hydrogen (secondary N) is 1. The van der Waals surface area contributed by atoms with Crippen molar-refractivity contribution in [3.63, 3.8) is 0 Å². The van der Waals surface area contributed by atoms with Gasteiger partial charge in [0.15, 0.2) is 11.5 Å². The minimum Gasteiger partial charge on any atom is -0.493 e. The van der Waals surface area contributed by atoms with Crippen LogP contribution in [-0.4, -0.2) is 44.8 Å². The van der Waals surface area contributed by atoms with Gasteiger partial charge >= 0.3 is 0 Å². The van der Waals surface area contributed by atoms with Gasteiger partial charge in [0.05, 0.1) is 13.7 Å². The third kappa shape index (κ3) is 4.31. The van der Waals surface area contributed by atoms with Crippen molar-refractivity contribution >= 4 is 12.4 Å². The molecule has 1 aromatic rings. The Labute approximate surface area is 145 Å². The van der Waals surface area contributed by atoms with Crippen LogP contribution in [0.25, 0.3) is 0 Å². The van der Waals surface area contributed by atoms with E-state index < -0.39 is 0 Å². The summed E-state index contributed by atoms with van der Waals surface area (Å²) < 4.78 is 11.2. The van der Waals surface area contributed by atoms with Gasteiger partial charge in [0, 0.05) is 19.6 Å². The molecule has 1 aromatic carbocycles. The van der Waals surface area contributed by atoms with E-state index in [0.29, 0.717) is 5.41 Å². The van der Waals surface area contributed by atoms with Crippen molar-refractivity contribution < 1.29 is 9.47 Å². The quantitative estimate of drug-likeness (QED) is 0.862. The molecule has 4 nitrogen and oxygen atoms in total. The molecular formula is C18H29ClN2O2. The van der Waals surface area contributed by atoms with E-state index in [0.717, 1.165) is 31.1 Å². The summed E-state index contributed by atoms with van der Waals surface area (Å²) in [5, 5.41) is 3.52. The van der Waals surface area contributed by atoms with Crippen LogP contribution in [0.4, 0.5) is 0 Å². The molecule has 0 amide bonds. The normalized spacial score (nSPS) is 23.9. The number of halogens is 1. The van der Waals surface area contributed by atoms with Gasteiger partial charge in [-0.25, -0.2) is 0 Å². The van der Waals surface area contributed by atoms with E-state index in [1.807, 2.05) is 6.07 Å². The summed E-state index contributed by atoms with van der Waals surface area (Å²) >= 11 is 0. The van der Waals surface area contributed by atoms with E-state index in [4.69, 9.17) is 9.47 Å². The fraction of sp³-hybridized carbons (Fsp3) is 0.667. The number of rotatable bonds is 6. The molecule has 3 rings (SSSR count). The van der Waals surface area contributed by atoms with E-state index >= 15 is 0 Å². The molecule has 130 valence electrons. The average Bonchev–Trinajstić information content (AvgIpc) is 3.16. The van der Waals surface area contributed by atoms with Crippen molar-refractivity contribution in [3.05, 3.63) is 23.8 Å². The Morgan fingerprint density at radius 2 is 2.13 bits per heavy atom. The Morgan fingerprint density at radius 3 is 2.83 bits per heavy atom. The molecular weight excluding hydrogens is 312 g/mol. The zero-order chi connectivity index (χ0) is 15.4. The standard InChI is InChI=1S/C18H28N2O2.ClH/c1-3-10-22-16-5-4-15(11-17(16)21-2)12-20-9-7-18(14-20)6-8-19-13-18;/h4-5,11,19H,3,6-10,12-14H2,1-2H3;1H. The molecule has 2 heterocycles. The van der Waals surface area contributed by atoms with E-state index in [2.05, 4.69) is 29.3 Å². The summed E-state index contributed by atoms with van der Waals surface area (Å²) in [7, 11) is 1.72. The number of nitrogens with zero attached hydrogens (tertiary/aromatic N) is 1. The van der Waals surface area contributed by atoms with Gasteiger partial charge in [-0.3, -0.25) is 4.90 Å². The smallest absolute Gasteiger partial charge is 0.161 e. The minimum atomic E-state index is 0. The van der Waals surface area contributed by atoms with Crippen molar-refractivity contribution in [1.29, 1.82) is 0 Å². The van der Waals surface area contributed by atoms with Gasteiger partial charge in [0.2, 0.25) is 0 Å². The second-order valence-electron chi connectivity index (χ2n) is 6.72. The number of likely N-dealkylation sites (tertiary alicyclic amines) is 1. The van der Waals surface area contributed by atoms with Gasteiger partial charge in [-0.1, -0.05) is 13.0 Å². The monoisotopic (exact) mass is 340 g/mol. The van der Waals surface area contributed by atoms with Gasteiger partial charge in [-0.2, -0.15) is 0 Å². The maximum absolute atomic E-state index is 5.73. The molecule has 0 bridgehead atoms. The molecule has 5 heteroatoms. The largest absolute Gasteiger partial charge is 0.493 e. The van der Waals surface area contributed by atoms with Crippen LogP contribution in [0.1, 0.15) is 31.7 Å². The van der Waals surface area contributed by atoms with Crippen LogP contribution in [0.15, 0.2) is 18.2 Å². The van der Waals surface area contributed by atoms with Crippen LogP contribution in [-0.2, 0) is 6.54 Å². The van der Waals surface area contributed by atoms with Gasteiger partial charge in [0.1, 0.15) is 0 Å². The number of ether oxygens (including phenoxy) is 2. The van der Waals surface area contributed by atoms with Gasteiger partial charge in [-0.05, 0) is 55.5 Å². The average molecular weight is 341 g/mol. The highest BCUT2D eigenvalue weighted by molar-refractivity contribution is 5.85. The second kappa shape index (κ2) is 8.22. The third-order valence-electron chi connectivity index (χ3n) is 4.95. The highest BCUT2D eigenvalue weighted by Gasteiger charge is 2.40. The van der Waals surface area contributed by atoms with Crippen LogP contribution >= 0.6 is 12.4 Å². The SMILES string of the molecule is CCCOc1ccc(CN2CCC3(CCNC3)C2)cc1OC.Cl. The first kappa shape index (κ1) is 18.4. The Morgan fingerprint density at radius 1 is 1.26 bits per heavy atom. The fourth-order valence-corrected chi connectivity index (χ4v) is 3.71. The Kier molecular flexibility index (Phi) is 6.57. The van der Waals surface area contributed by atoms with Crippen molar-refractivity contribution in [2.24, 2.45) is 5.41 Å². The summed E-state index contributed by atoms with van der Waals surface area (Å²) in [6.45, 7) is 8.65. The molecule has 2 fully saturated rings. The first-order valence-electron chi connectivity index (χ1n) is 8.47. The van der Waals surface area contributed by atoms with Crippen LogP contribution in [0.2, 0.25) is 0 Å². The lowest BCUT2D eigenvalue weighted by Gasteiger charge is -2.23. The number of benzene rings is 1. The molecule has 23 heavy (non-hydrogen) atoms. The molecule has 2 aliphatic rings. The molecule has 0 aliphatic carbocycles. The Bertz CT molecular complexity index is 504. The third-order valence-corrected chi connectivity index (χ3v) is 4.95. The first-order chi connectivity index (χ1) is 10.7. The molecule has 1 unspecified atom stereocenters. The summed E-state index contributed by atoms with van der Waals surface area (Å²) in [4.78, 5) is 2.58. The number of hydrogen-bond donors (Lipinski definition) is 1. The lowest BCUT2D eigenvalue weighted by Crippen LogP contribution is -2.28. The lowest BCUT2D eigenvalue weighted by molar-refractivity contribution is 0.267.